The van der Waals surface area contributed by atoms with E-state index in [1.165, 1.54) is 10.7 Å². The van der Waals surface area contributed by atoms with Crippen LogP contribution in [0, 0.1) is 20.8 Å². The number of anilines is 1. The van der Waals surface area contributed by atoms with Crippen LogP contribution in [0.25, 0.3) is 10.2 Å². The van der Waals surface area contributed by atoms with Gasteiger partial charge in [0.05, 0.1) is 22.1 Å². The Morgan fingerprint density at radius 1 is 1.31 bits per heavy atom. The molecule has 154 valence electrons. The summed E-state index contributed by atoms with van der Waals surface area (Å²) in [6.45, 7) is 6.70. The molecule has 11 heteroatoms. The minimum Gasteiger partial charge on any atom is -0.365 e. The normalized spacial score (nSPS) is 12.6. The number of amides is 2. The first kappa shape index (κ1) is 21.1. The molecular formula is C18H18ClF2N5O2S. The lowest BCUT2D eigenvalue weighted by molar-refractivity contribution is -0.119. The highest BCUT2D eigenvalue weighted by Gasteiger charge is 2.26. The van der Waals surface area contributed by atoms with Gasteiger partial charge in [-0.05, 0) is 39.3 Å². The number of nitrogens with zero attached hydrogens (tertiary/aromatic N) is 3. The van der Waals surface area contributed by atoms with E-state index in [1.54, 1.807) is 27.7 Å². The van der Waals surface area contributed by atoms with E-state index >= 15 is 0 Å². The van der Waals surface area contributed by atoms with Gasteiger partial charge in [0, 0.05) is 5.39 Å². The molecule has 2 amide bonds. The predicted octanol–water partition coefficient (Wildman–Crippen LogP) is 4.31. The van der Waals surface area contributed by atoms with Gasteiger partial charge >= 0.3 is 0 Å². The Hall–Kier alpha value is -2.59. The number of primary amides is 1. The lowest BCUT2D eigenvalue weighted by Crippen LogP contribution is -2.26. The fraction of sp³-hybridized carbons (Fsp3) is 0.333. The van der Waals surface area contributed by atoms with E-state index in [4.69, 9.17) is 17.3 Å². The SMILES string of the molecule is Cc1nn([C@H](C)C(=O)Nc2c(C(N)=O)sc3nc(C(F)F)cc(C)c23)c(C)c1Cl. The lowest BCUT2D eigenvalue weighted by Gasteiger charge is -2.15. The van der Waals surface area contributed by atoms with Crippen molar-refractivity contribution in [2.45, 2.75) is 40.2 Å². The molecule has 0 unspecified atom stereocenters. The molecule has 1 atom stereocenters. The summed E-state index contributed by atoms with van der Waals surface area (Å²) in [6, 6.07) is 0.482. The fourth-order valence-electron chi connectivity index (χ4n) is 3.07. The molecular weight excluding hydrogens is 424 g/mol. The van der Waals surface area contributed by atoms with E-state index in [-0.39, 0.29) is 15.4 Å². The summed E-state index contributed by atoms with van der Waals surface area (Å²) < 4.78 is 27.6. The van der Waals surface area contributed by atoms with Crippen LogP contribution < -0.4 is 11.1 Å². The molecule has 0 aromatic carbocycles. The summed E-state index contributed by atoms with van der Waals surface area (Å²) in [5.74, 6) is -1.25. The van der Waals surface area contributed by atoms with E-state index in [0.29, 0.717) is 27.4 Å². The average Bonchev–Trinajstić information content (AvgIpc) is 3.14. The van der Waals surface area contributed by atoms with Crippen molar-refractivity contribution in [3.63, 3.8) is 0 Å². The van der Waals surface area contributed by atoms with Crippen LogP contribution in [0.4, 0.5) is 14.5 Å². The second-order valence-corrected chi connectivity index (χ2v) is 7.99. The first-order chi connectivity index (χ1) is 13.5. The van der Waals surface area contributed by atoms with Gasteiger partial charge in [0.1, 0.15) is 21.4 Å². The number of carbonyl (C=O) groups excluding carboxylic acids is 2. The topological polar surface area (TPSA) is 103 Å². The molecule has 0 bridgehead atoms. The minimum atomic E-state index is -2.76. The molecule has 3 rings (SSSR count). The quantitative estimate of drug-likeness (QED) is 0.615. The number of halogens is 3. The van der Waals surface area contributed by atoms with Crippen molar-refractivity contribution in [2.75, 3.05) is 5.32 Å². The number of carbonyl (C=O) groups is 2. The molecule has 3 heterocycles. The molecule has 7 nitrogen and oxygen atoms in total. The summed E-state index contributed by atoms with van der Waals surface area (Å²) in [6.07, 6.45) is -2.76. The van der Waals surface area contributed by atoms with E-state index < -0.39 is 30.0 Å². The second kappa shape index (κ2) is 7.68. The molecule has 0 aliphatic heterocycles. The third-order valence-electron chi connectivity index (χ3n) is 4.56. The Kier molecular flexibility index (Phi) is 5.59. The van der Waals surface area contributed by atoms with Crippen LogP contribution in [0.3, 0.4) is 0 Å². The van der Waals surface area contributed by atoms with Gasteiger partial charge in [-0.25, -0.2) is 13.8 Å². The van der Waals surface area contributed by atoms with Gasteiger partial charge in [-0.3, -0.25) is 14.3 Å². The zero-order chi connectivity index (χ0) is 21.6. The monoisotopic (exact) mass is 441 g/mol. The summed E-state index contributed by atoms with van der Waals surface area (Å²) in [4.78, 5) is 29.0. The maximum Gasteiger partial charge on any atom is 0.280 e. The van der Waals surface area contributed by atoms with Crippen LogP contribution in [0.2, 0.25) is 5.02 Å². The van der Waals surface area contributed by atoms with Gasteiger partial charge in [0.15, 0.2) is 0 Å². The van der Waals surface area contributed by atoms with E-state index in [0.717, 1.165) is 11.3 Å². The zero-order valence-corrected chi connectivity index (χ0v) is 17.6. The first-order valence-electron chi connectivity index (χ1n) is 8.57. The number of fused-ring (bicyclic) bond motifs is 1. The molecule has 0 saturated heterocycles. The number of aryl methyl sites for hydroxylation is 2. The van der Waals surface area contributed by atoms with Crippen molar-refractivity contribution in [1.29, 1.82) is 0 Å². The van der Waals surface area contributed by atoms with Gasteiger partial charge in [-0.15, -0.1) is 11.3 Å². The van der Waals surface area contributed by atoms with Gasteiger partial charge in [0.25, 0.3) is 12.3 Å². The molecule has 0 spiro atoms. The molecule has 29 heavy (non-hydrogen) atoms. The van der Waals surface area contributed by atoms with Crippen molar-refractivity contribution in [1.82, 2.24) is 14.8 Å². The molecule has 0 saturated carbocycles. The number of nitrogens with two attached hydrogens (primary N) is 1. The van der Waals surface area contributed by atoms with E-state index in [9.17, 15) is 18.4 Å². The Morgan fingerprint density at radius 2 is 1.97 bits per heavy atom. The number of nitrogens with one attached hydrogen (secondary N) is 1. The van der Waals surface area contributed by atoms with Crippen LogP contribution in [0.1, 0.15) is 51.7 Å². The van der Waals surface area contributed by atoms with Crippen LogP contribution in [0.15, 0.2) is 6.07 Å². The second-order valence-electron chi connectivity index (χ2n) is 6.61. The number of hydrogen-bond acceptors (Lipinski definition) is 5. The van der Waals surface area contributed by atoms with Crippen molar-refractivity contribution >= 4 is 50.7 Å². The van der Waals surface area contributed by atoms with Gasteiger partial charge in [0.2, 0.25) is 5.91 Å². The van der Waals surface area contributed by atoms with Crippen LogP contribution >= 0.6 is 22.9 Å². The molecule has 0 aliphatic carbocycles. The number of aromatic nitrogens is 3. The van der Waals surface area contributed by atoms with Gasteiger partial charge in [-0.2, -0.15) is 5.10 Å². The Morgan fingerprint density at radius 3 is 2.48 bits per heavy atom. The molecule has 3 N–H and O–H groups in total. The lowest BCUT2D eigenvalue weighted by atomic mass is 10.1. The van der Waals surface area contributed by atoms with Crippen molar-refractivity contribution < 1.29 is 18.4 Å². The Labute approximate surface area is 173 Å². The minimum absolute atomic E-state index is 0.0361. The molecule has 0 radical (unpaired) electrons. The largest absolute Gasteiger partial charge is 0.365 e. The summed E-state index contributed by atoms with van der Waals surface area (Å²) in [7, 11) is 0. The highest BCUT2D eigenvalue weighted by molar-refractivity contribution is 7.21. The highest BCUT2D eigenvalue weighted by atomic mass is 35.5. The number of alkyl halides is 2. The molecule has 3 aromatic heterocycles. The van der Waals surface area contributed by atoms with E-state index in [1.807, 2.05) is 0 Å². The third kappa shape index (κ3) is 3.69. The summed E-state index contributed by atoms with van der Waals surface area (Å²) in [5.41, 5.74) is 6.86. The number of pyridine rings is 1. The van der Waals surface area contributed by atoms with Crippen molar-refractivity contribution in [2.24, 2.45) is 5.73 Å². The number of rotatable bonds is 5. The van der Waals surface area contributed by atoms with E-state index in [2.05, 4.69) is 15.4 Å². The number of hydrogen-bond donors (Lipinski definition) is 2. The van der Waals surface area contributed by atoms with Crippen LogP contribution in [-0.2, 0) is 4.79 Å². The summed E-state index contributed by atoms with van der Waals surface area (Å²) in [5, 5.41) is 7.83. The predicted molar refractivity (Wildman–Crippen MR) is 108 cm³/mol. The molecule has 0 aliphatic rings. The fourth-order valence-corrected chi connectivity index (χ4v) is 4.26. The van der Waals surface area contributed by atoms with Crippen molar-refractivity contribution in [3.05, 3.63) is 38.6 Å². The molecule has 3 aromatic rings. The number of thiophene rings is 1. The average molecular weight is 442 g/mol. The zero-order valence-electron chi connectivity index (χ0n) is 16.0. The van der Waals surface area contributed by atoms with Gasteiger partial charge < -0.3 is 11.1 Å². The van der Waals surface area contributed by atoms with Gasteiger partial charge in [-0.1, -0.05) is 11.6 Å². The molecule has 0 fully saturated rings. The Bertz CT molecular complexity index is 1140. The first-order valence-corrected chi connectivity index (χ1v) is 9.76. The Balaban J connectivity index is 2.06. The standard InChI is InChI=1S/C18H18ClF2N5O2S/c1-6-5-10(15(20)21)23-18-11(6)13(14(29-18)16(22)27)24-17(28)9(4)26-8(3)12(19)7(2)25-26/h5,9,15H,1-4H3,(H2,22,27)(H,24,28)/t9-/m1/s1. The third-order valence-corrected chi connectivity index (χ3v) is 6.20. The van der Waals surface area contributed by atoms with Crippen LogP contribution in [-0.4, -0.2) is 26.6 Å². The summed E-state index contributed by atoms with van der Waals surface area (Å²) >= 11 is 7.01. The maximum absolute atomic E-state index is 13.1. The maximum atomic E-state index is 13.1. The van der Waals surface area contributed by atoms with Crippen LogP contribution in [0.5, 0.6) is 0 Å². The smallest absolute Gasteiger partial charge is 0.280 e. The highest BCUT2D eigenvalue weighted by Crippen LogP contribution is 2.38. The van der Waals surface area contributed by atoms with Crippen molar-refractivity contribution in [3.8, 4) is 0 Å².